The molecule has 2 aromatic carbocycles. The van der Waals surface area contributed by atoms with Crippen molar-refractivity contribution in [1.29, 1.82) is 0 Å². The molecule has 0 radical (unpaired) electrons. The molecule has 3 nitrogen and oxygen atoms in total. The van der Waals surface area contributed by atoms with Gasteiger partial charge in [-0.25, -0.2) is 0 Å². The Balaban J connectivity index is 2.20. The Hall–Kier alpha value is -1.52. The van der Waals surface area contributed by atoms with Crippen molar-refractivity contribution >= 4 is 15.9 Å². The van der Waals surface area contributed by atoms with E-state index in [-0.39, 0.29) is 6.04 Å². The molecule has 0 fully saturated rings. The summed E-state index contributed by atoms with van der Waals surface area (Å²) in [6, 6.07) is 12.1. The molecule has 0 amide bonds. The van der Waals surface area contributed by atoms with Gasteiger partial charge in [-0.15, -0.1) is 0 Å². The summed E-state index contributed by atoms with van der Waals surface area (Å²) in [6.45, 7) is 2.07. The van der Waals surface area contributed by atoms with Gasteiger partial charge in [0.25, 0.3) is 0 Å². The number of hydrogen-bond acceptors (Lipinski definition) is 3. The molecule has 21 heavy (non-hydrogen) atoms. The molecule has 4 heteroatoms. The number of hydrogen-bond donors (Lipinski definition) is 1. The number of ether oxygens (including phenoxy) is 2. The van der Waals surface area contributed by atoms with Crippen molar-refractivity contribution in [3.05, 3.63) is 57.6 Å². The van der Waals surface area contributed by atoms with E-state index < -0.39 is 0 Å². The van der Waals surface area contributed by atoms with E-state index in [2.05, 4.69) is 41.1 Å². The van der Waals surface area contributed by atoms with Gasteiger partial charge in [0.15, 0.2) is 11.5 Å². The minimum Gasteiger partial charge on any atom is -0.493 e. The first-order valence-corrected chi connectivity index (χ1v) is 7.56. The van der Waals surface area contributed by atoms with Crippen LogP contribution in [0.5, 0.6) is 11.5 Å². The summed E-state index contributed by atoms with van der Waals surface area (Å²) in [4.78, 5) is 0. The van der Waals surface area contributed by atoms with Crippen molar-refractivity contribution < 1.29 is 9.47 Å². The molecule has 2 N–H and O–H groups in total. The van der Waals surface area contributed by atoms with E-state index in [4.69, 9.17) is 15.2 Å². The fourth-order valence-corrected chi connectivity index (χ4v) is 2.98. The maximum absolute atomic E-state index is 6.33. The Bertz CT molecular complexity index is 608. The molecule has 0 heterocycles. The third kappa shape index (κ3) is 3.99. The SMILES string of the molecule is COc1ccc(CC(N)c2cc(C)cc(Br)c2)cc1OC. The molecule has 0 aliphatic carbocycles. The Labute approximate surface area is 134 Å². The number of benzene rings is 2. The Morgan fingerprint density at radius 2 is 1.76 bits per heavy atom. The molecular formula is C17H20BrNO2. The largest absolute Gasteiger partial charge is 0.493 e. The van der Waals surface area contributed by atoms with E-state index in [0.29, 0.717) is 0 Å². The Morgan fingerprint density at radius 1 is 1.05 bits per heavy atom. The molecule has 0 bridgehead atoms. The van der Waals surface area contributed by atoms with Crippen LogP contribution in [0.4, 0.5) is 0 Å². The molecule has 0 spiro atoms. The summed E-state index contributed by atoms with van der Waals surface area (Å²) >= 11 is 3.52. The van der Waals surface area contributed by atoms with Gasteiger partial charge in [-0.1, -0.05) is 28.1 Å². The summed E-state index contributed by atoms with van der Waals surface area (Å²) in [5, 5.41) is 0. The predicted molar refractivity (Wildman–Crippen MR) is 89.1 cm³/mol. The van der Waals surface area contributed by atoms with E-state index in [1.165, 1.54) is 5.56 Å². The lowest BCUT2D eigenvalue weighted by Crippen LogP contribution is -2.13. The molecule has 0 aliphatic heterocycles. The fraction of sp³-hybridized carbons (Fsp3) is 0.294. The molecule has 112 valence electrons. The number of methoxy groups -OCH3 is 2. The van der Waals surface area contributed by atoms with Crippen LogP contribution in [0.1, 0.15) is 22.7 Å². The third-order valence-corrected chi connectivity index (χ3v) is 3.85. The fourth-order valence-electron chi connectivity index (χ4n) is 2.36. The van der Waals surface area contributed by atoms with Gasteiger partial charge in [0.05, 0.1) is 14.2 Å². The average molecular weight is 350 g/mol. The second-order valence-corrected chi connectivity index (χ2v) is 5.98. The first kappa shape index (κ1) is 15.9. The van der Waals surface area contributed by atoms with Gasteiger partial charge in [0.2, 0.25) is 0 Å². The van der Waals surface area contributed by atoms with E-state index in [1.807, 2.05) is 18.2 Å². The predicted octanol–water partition coefficient (Wildman–Crippen LogP) is 4.02. The van der Waals surface area contributed by atoms with Crippen LogP contribution in [0.3, 0.4) is 0 Å². The monoisotopic (exact) mass is 349 g/mol. The Morgan fingerprint density at radius 3 is 2.38 bits per heavy atom. The normalized spacial score (nSPS) is 12.0. The minimum atomic E-state index is -0.0562. The second kappa shape index (κ2) is 6.96. The standard InChI is InChI=1S/C17H20BrNO2/c1-11-6-13(10-14(18)7-11)15(19)8-12-4-5-16(20-2)17(9-12)21-3/h4-7,9-10,15H,8,19H2,1-3H3. The summed E-state index contributed by atoms with van der Waals surface area (Å²) in [7, 11) is 3.27. The van der Waals surface area contributed by atoms with Crippen molar-refractivity contribution in [3.8, 4) is 11.5 Å². The van der Waals surface area contributed by atoms with Crippen LogP contribution in [0.15, 0.2) is 40.9 Å². The van der Waals surface area contributed by atoms with Gasteiger partial charge in [0, 0.05) is 10.5 Å². The van der Waals surface area contributed by atoms with E-state index in [9.17, 15) is 0 Å². The number of nitrogens with two attached hydrogens (primary N) is 1. The van der Waals surface area contributed by atoms with Gasteiger partial charge < -0.3 is 15.2 Å². The maximum atomic E-state index is 6.33. The molecule has 2 rings (SSSR count). The second-order valence-electron chi connectivity index (χ2n) is 5.06. The van der Waals surface area contributed by atoms with Crippen LogP contribution in [-0.2, 0) is 6.42 Å². The quantitative estimate of drug-likeness (QED) is 0.886. The van der Waals surface area contributed by atoms with E-state index in [0.717, 1.165) is 33.5 Å². The maximum Gasteiger partial charge on any atom is 0.160 e. The average Bonchev–Trinajstić information content (AvgIpc) is 2.46. The third-order valence-electron chi connectivity index (χ3n) is 3.40. The van der Waals surface area contributed by atoms with E-state index in [1.54, 1.807) is 14.2 Å². The molecule has 0 saturated carbocycles. The number of rotatable bonds is 5. The molecule has 0 aliphatic rings. The lowest BCUT2D eigenvalue weighted by atomic mass is 9.98. The van der Waals surface area contributed by atoms with Gasteiger partial charge in [0.1, 0.15) is 0 Å². The summed E-state index contributed by atoms with van der Waals surface area (Å²) in [5.41, 5.74) is 9.78. The lowest BCUT2D eigenvalue weighted by Gasteiger charge is -2.15. The van der Waals surface area contributed by atoms with Gasteiger partial charge in [-0.05, 0) is 54.3 Å². The topological polar surface area (TPSA) is 44.5 Å². The van der Waals surface area contributed by atoms with Crippen molar-refractivity contribution in [1.82, 2.24) is 0 Å². The van der Waals surface area contributed by atoms with Crippen LogP contribution in [0, 0.1) is 6.92 Å². The van der Waals surface area contributed by atoms with Crippen LogP contribution in [0.25, 0.3) is 0 Å². The van der Waals surface area contributed by atoms with Crippen LogP contribution < -0.4 is 15.2 Å². The van der Waals surface area contributed by atoms with Crippen molar-refractivity contribution in [2.24, 2.45) is 5.73 Å². The molecule has 0 aromatic heterocycles. The highest BCUT2D eigenvalue weighted by Gasteiger charge is 2.11. The zero-order valence-corrected chi connectivity index (χ0v) is 14.1. The molecule has 0 saturated heterocycles. The first-order chi connectivity index (χ1) is 10.0. The zero-order chi connectivity index (χ0) is 15.4. The van der Waals surface area contributed by atoms with Gasteiger partial charge in [-0.3, -0.25) is 0 Å². The smallest absolute Gasteiger partial charge is 0.160 e. The van der Waals surface area contributed by atoms with Crippen LogP contribution >= 0.6 is 15.9 Å². The summed E-state index contributed by atoms with van der Waals surface area (Å²) in [5.74, 6) is 1.46. The van der Waals surface area contributed by atoms with Crippen LogP contribution in [0.2, 0.25) is 0 Å². The minimum absolute atomic E-state index is 0.0562. The number of halogens is 1. The lowest BCUT2D eigenvalue weighted by molar-refractivity contribution is 0.354. The molecule has 1 unspecified atom stereocenters. The van der Waals surface area contributed by atoms with Crippen molar-refractivity contribution in [2.75, 3.05) is 14.2 Å². The Kier molecular flexibility index (Phi) is 5.26. The molecular weight excluding hydrogens is 330 g/mol. The summed E-state index contributed by atoms with van der Waals surface area (Å²) in [6.07, 6.45) is 0.746. The van der Waals surface area contributed by atoms with Crippen molar-refractivity contribution in [3.63, 3.8) is 0 Å². The van der Waals surface area contributed by atoms with Gasteiger partial charge >= 0.3 is 0 Å². The van der Waals surface area contributed by atoms with Crippen molar-refractivity contribution in [2.45, 2.75) is 19.4 Å². The first-order valence-electron chi connectivity index (χ1n) is 6.77. The zero-order valence-electron chi connectivity index (χ0n) is 12.5. The molecule has 2 aromatic rings. The number of aryl methyl sites for hydroxylation is 1. The molecule has 1 atom stereocenters. The highest BCUT2D eigenvalue weighted by atomic mass is 79.9. The van der Waals surface area contributed by atoms with E-state index >= 15 is 0 Å². The van der Waals surface area contributed by atoms with Gasteiger partial charge in [-0.2, -0.15) is 0 Å². The highest BCUT2D eigenvalue weighted by Crippen LogP contribution is 2.29. The highest BCUT2D eigenvalue weighted by molar-refractivity contribution is 9.10. The summed E-state index contributed by atoms with van der Waals surface area (Å²) < 4.78 is 11.6. The van der Waals surface area contributed by atoms with Crippen LogP contribution in [-0.4, -0.2) is 14.2 Å².